The zero-order valence-corrected chi connectivity index (χ0v) is 20.1. The Bertz CT molecular complexity index is 1660. The first-order valence-electron chi connectivity index (χ1n) is 11.4. The highest BCUT2D eigenvalue weighted by atomic mass is 19.1. The predicted octanol–water partition coefficient (Wildman–Crippen LogP) is 2.44. The molecule has 182 valence electrons. The zero-order valence-electron chi connectivity index (χ0n) is 20.1. The van der Waals surface area contributed by atoms with Crippen molar-refractivity contribution in [1.29, 1.82) is 0 Å². The fourth-order valence-electron chi connectivity index (χ4n) is 3.78. The molecule has 0 saturated carbocycles. The number of ether oxygens (including phenoxy) is 2. The van der Waals surface area contributed by atoms with Crippen LogP contribution in [0.1, 0.15) is 31.2 Å². The van der Waals surface area contributed by atoms with Crippen molar-refractivity contribution in [1.82, 2.24) is 4.98 Å². The Labute approximate surface area is 227 Å². The first-order chi connectivity index (χ1) is 18.5. The fraction of sp³-hybridized carbons (Fsp3) is 0.0769. The van der Waals surface area contributed by atoms with Crippen molar-refractivity contribution in [2.45, 2.75) is 10.8 Å². The van der Waals surface area contributed by atoms with Gasteiger partial charge in [-0.05, 0) is 60.7 Å². The van der Waals surface area contributed by atoms with Crippen molar-refractivity contribution in [2.75, 3.05) is 10.6 Å². The molecule has 0 saturated heterocycles. The molecule has 13 heteroatoms. The van der Waals surface area contributed by atoms with E-state index in [1.54, 1.807) is 18.2 Å². The quantitative estimate of drug-likeness (QED) is 0.316. The second kappa shape index (κ2) is 9.65. The first kappa shape index (κ1) is 26.1. The Hall–Kier alpha value is -4.53. The van der Waals surface area contributed by atoms with Gasteiger partial charge >= 0.3 is 0 Å². The molecule has 0 unspecified atom stereocenters. The summed E-state index contributed by atoms with van der Waals surface area (Å²) in [5.74, 6) is -1.72. The number of benzene rings is 3. The highest BCUT2D eigenvalue weighted by molar-refractivity contribution is 6.53. The van der Waals surface area contributed by atoms with Crippen LogP contribution in [0.25, 0.3) is 10.9 Å². The monoisotopic (exact) mass is 511 g/mol. The standard InChI is InChI=1S/C26H14B4FN3O5/c27-25(28)26(29,30)39-22-10-15(3-8-21(22)38-25)23(36)33-16-5-6-18(31)20(11-16)34-24(37)14-2-7-19-13(9-14)1-4-17(12-35)32-19/h1-12H,(H,33,36)(H,34,37). The number of rotatable bonds is 5. The van der Waals surface area contributed by atoms with E-state index in [-0.39, 0.29) is 39.7 Å². The van der Waals surface area contributed by atoms with Crippen LogP contribution in [0, 0.1) is 5.82 Å². The number of anilines is 2. The topological polar surface area (TPSA) is 107 Å². The van der Waals surface area contributed by atoms with Crippen LogP contribution in [-0.4, -0.2) is 65.3 Å². The van der Waals surface area contributed by atoms with Crippen LogP contribution in [0.3, 0.4) is 0 Å². The summed E-state index contributed by atoms with van der Waals surface area (Å²) >= 11 is 0. The van der Waals surface area contributed by atoms with Gasteiger partial charge in [0.1, 0.15) is 42.9 Å². The third kappa shape index (κ3) is 5.12. The molecule has 5 rings (SSSR count). The number of pyridine rings is 1. The Kier molecular flexibility index (Phi) is 6.46. The number of aldehydes is 1. The molecular formula is C26H14B4FN3O5. The molecule has 4 aromatic rings. The molecule has 0 spiro atoms. The smallest absolute Gasteiger partial charge is 0.255 e. The van der Waals surface area contributed by atoms with Crippen LogP contribution in [0.2, 0.25) is 0 Å². The van der Waals surface area contributed by atoms with Gasteiger partial charge in [0.15, 0.2) is 17.8 Å². The molecule has 8 radical (unpaired) electrons. The highest BCUT2D eigenvalue weighted by Gasteiger charge is 2.43. The summed E-state index contributed by atoms with van der Waals surface area (Å²) in [4.78, 5) is 40.8. The summed E-state index contributed by atoms with van der Waals surface area (Å²) < 4.78 is 25.3. The lowest BCUT2D eigenvalue weighted by molar-refractivity contribution is 0.0616. The van der Waals surface area contributed by atoms with Gasteiger partial charge < -0.3 is 20.1 Å². The van der Waals surface area contributed by atoms with Crippen molar-refractivity contribution in [2.24, 2.45) is 0 Å². The summed E-state index contributed by atoms with van der Waals surface area (Å²) in [6, 6.07) is 15.7. The Balaban J connectivity index is 1.32. The molecule has 1 aliphatic rings. The van der Waals surface area contributed by atoms with Gasteiger partial charge in [0, 0.05) is 33.0 Å². The second-order valence-electron chi connectivity index (χ2n) is 8.82. The lowest BCUT2D eigenvalue weighted by atomic mass is 9.41. The predicted molar refractivity (Wildman–Crippen MR) is 146 cm³/mol. The van der Waals surface area contributed by atoms with E-state index in [2.05, 4.69) is 15.6 Å². The van der Waals surface area contributed by atoms with Crippen LogP contribution >= 0.6 is 0 Å². The largest absolute Gasteiger partial charge is 0.501 e. The summed E-state index contributed by atoms with van der Waals surface area (Å²) in [5, 5.41) is 1.65. The maximum absolute atomic E-state index is 14.5. The Morgan fingerprint density at radius 3 is 2.21 bits per heavy atom. The molecule has 0 atom stereocenters. The van der Waals surface area contributed by atoms with Crippen molar-refractivity contribution >= 4 is 71.8 Å². The van der Waals surface area contributed by atoms with E-state index >= 15 is 0 Å². The number of nitrogens with one attached hydrogen (secondary N) is 2. The van der Waals surface area contributed by atoms with Crippen molar-refractivity contribution in [3.05, 3.63) is 89.4 Å². The van der Waals surface area contributed by atoms with Crippen LogP contribution in [0.4, 0.5) is 15.8 Å². The van der Waals surface area contributed by atoms with Crippen LogP contribution in [0.5, 0.6) is 11.5 Å². The normalized spacial score (nSPS) is 14.8. The van der Waals surface area contributed by atoms with Gasteiger partial charge in [-0.15, -0.1) is 0 Å². The maximum Gasteiger partial charge on any atom is 0.255 e. The second-order valence-corrected chi connectivity index (χ2v) is 8.82. The fourth-order valence-corrected chi connectivity index (χ4v) is 3.78. The summed E-state index contributed by atoms with van der Waals surface area (Å²) in [5.41, 5.74) is 1.20. The van der Waals surface area contributed by atoms with Crippen molar-refractivity contribution in [3.8, 4) is 11.5 Å². The minimum atomic E-state index is -2.07. The summed E-state index contributed by atoms with van der Waals surface area (Å²) in [6.07, 6.45) is 0.624. The van der Waals surface area contributed by atoms with E-state index in [1.165, 1.54) is 42.5 Å². The first-order valence-corrected chi connectivity index (χ1v) is 11.4. The van der Waals surface area contributed by atoms with Gasteiger partial charge in [-0.3, -0.25) is 14.4 Å². The number of carbonyl (C=O) groups excluding carboxylic acids is 3. The number of carbonyl (C=O) groups is 3. The average Bonchev–Trinajstić information content (AvgIpc) is 2.89. The van der Waals surface area contributed by atoms with Crippen LogP contribution in [0.15, 0.2) is 66.7 Å². The average molecular weight is 511 g/mol. The number of fused-ring (bicyclic) bond motifs is 2. The van der Waals surface area contributed by atoms with Gasteiger partial charge in [0.2, 0.25) is 0 Å². The summed E-state index contributed by atoms with van der Waals surface area (Å²) in [7, 11) is 23.0. The molecule has 2 N–H and O–H groups in total. The molecule has 1 aliphatic heterocycles. The van der Waals surface area contributed by atoms with Crippen LogP contribution in [-0.2, 0) is 0 Å². The molecular weight excluding hydrogens is 497 g/mol. The van der Waals surface area contributed by atoms with E-state index < -0.39 is 28.4 Å². The molecule has 0 bridgehead atoms. The van der Waals surface area contributed by atoms with Gasteiger partial charge in [0.05, 0.1) is 11.2 Å². The van der Waals surface area contributed by atoms with Gasteiger partial charge in [0.25, 0.3) is 11.8 Å². The molecule has 0 fully saturated rings. The van der Waals surface area contributed by atoms with E-state index in [0.717, 1.165) is 6.07 Å². The number of hydrogen-bond donors (Lipinski definition) is 2. The third-order valence-corrected chi connectivity index (χ3v) is 5.94. The molecule has 0 aliphatic carbocycles. The lowest BCUT2D eigenvalue weighted by Crippen LogP contribution is -2.65. The van der Waals surface area contributed by atoms with Gasteiger partial charge in [-0.1, -0.05) is 6.07 Å². The van der Waals surface area contributed by atoms with Crippen molar-refractivity contribution < 1.29 is 28.2 Å². The molecule has 3 aromatic carbocycles. The number of nitrogens with zero attached hydrogens (tertiary/aromatic N) is 1. The van der Waals surface area contributed by atoms with Crippen LogP contribution < -0.4 is 20.1 Å². The van der Waals surface area contributed by atoms with E-state index in [9.17, 15) is 18.8 Å². The minimum absolute atomic E-state index is 0.0409. The Morgan fingerprint density at radius 2 is 1.46 bits per heavy atom. The van der Waals surface area contributed by atoms with Crippen molar-refractivity contribution in [3.63, 3.8) is 0 Å². The maximum atomic E-state index is 14.5. The zero-order chi connectivity index (χ0) is 27.9. The van der Waals surface area contributed by atoms with Gasteiger partial charge in [-0.25, -0.2) is 9.37 Å². The lowest BCUT2D eigenvalue weighted by Gasteiger charge is -2.48. The SMILES string of the molecule is [B]C1([B])Oc2ccc(C(=O)Nc3ccc(F)c(NC(=O)c4ccc5nc(C=O)ccc5c4)c3)cc2OC1([B])[B]. The number of hydrogen-bond acceptors (Lipinski definition) is 6. The Morgan fingerprint density at radius 1 is 0.795 bits per heavy atom. The van der Waals surface area contributed by atoms with E-state index in [1.807, 2.05) is 0 Å². The number of halogens is 1. The molecule has 2 heterocycles. The molecule has 1 aromatic heterocycles. The summed E-state index contributed by atoms with van der Waals surface area (Å²) in [6.45, 7) is 0. The van der Waals surface area contributed by atoms with E-state index in [4.69, 9.17) is 40.9 Å². The molecule has 39 heavy (non-hydrogen) atoms. The highest BCUT2D eigenvalue weighted by Crippen LogP contribution is 2.39. The van der Waals surface area contributed by atoms with E-state index in [0.29, 0.717) is 17.2 Å². The minimum Gasteiger partial charge on any atom is -0.501 e. The molecule has 2 amide bonds. The number of amides is 2. The third-order valence-electron chi connectivity index (χ3n) is 5.94. The van der Waals surface area contributed by atoms with Gasteiger partial charge in [-0.2, -0.15) is 0 Å². The molecule has 8 nitrogen and oxygen atoms in total. The number of aromatic nitrogens is 1.